The molecule has 2 rings (SSSR count). The van der Waals surface area contributed by atoms with E-state index in [9.17, 15) is 4.39 Å². The number of thiophene rings is 1. The highest BCUT2D eigenvalue weighted by Gasteiger charge is 2.01. The molecule has 0 unspecified atom stereocenters. The number of hydrogen-bond acceptors (Lipinski definition) is 2. The molecule has 0 aliphatic rings. The number of halogens is 3. The largest absolute Gasteiger partial charge is 0.380 e. The summed E-state index contributed by atoms with van der Waals surface area (Å²) in [6.07, 6.45) is 0. The lowest BCUT2D eigenvalue weighted by molar-refractivity contribution is 0.621. The molecule has 0 saturated carbocycles. The fourth-order valence-electron chi connectivity index (χ4n) is 1.24. The molecule has 5 heteroatoms. The summed E-state index contributed by atoms with van der Waals surface area (Å²) in [5.74, 6) is -0.246. The van der Waals surface area contributed by atoms with Gasteiger partial charge in [0, 0.05) is 27.0 Å². The van der Waals surface area contributed by atoms with Crippen molar-refractivity contribution in [1.82, 2.24) is 0 Å². The van der Waals surface area contributed by atoms with Gasteiger partial charge in [-0.2, -0.15) is 0 Å². The molecule has 0 bridgehead atoms. The molecule has 2 aromatic rings. The van der Waals surface area contributed by atoms with Gasteiger partial charge in [-0.15, -0.1) is 11.3 Å². The molecule has 16 heavy (non-hydrogen) atoms. The van der Waals surface area contributed by atoms with Crippen molar-refractivity contribution in [2.45, 2.75) is 6.54 Å². The quantitative estimate of drug-likeness (QED) is 0.805. The smallest absolute Gasteiger partial charge is 0.137 e. The van der Waals surface area contributed by atoms with Crippen molar-refractivity contribution in [3.05, 3.63) is 49.3 Å². The molecule has 0 atom stereocenters. The van der Waals surface area contributed by atoms with E-state index in [0.717, 1.165) is 16.7 Å². The van der Waals surface area contributed by atoms with Gasteiger partial charge >= 0.3 is 0 Å². The molecule has 1 aromatic carbocycles. The molecule has 1 heterocycles. The van der Waals surface area contributed by atoms with Crippen LogP contribution in [-0.4, -0.2) is 0 Å². The summed E-state index contributed by atoms with van der Waals surface area (Å²) in [5.41, 5.74) is 0.901. The zero-order valence-electron chi connectivity index (χ0n) is 8.14. The van der Waals surface area contributed by atoms with Crippen LogP contribution in [0.3, 0.4) is 0 Å². The lowest BCUT2D eigenvalue weighted by atomic mass is 10.3. The van der Waals surface area contributed by atoms with Crippen LogP contribution in [0, 0.1) is 5.82 Å². The van der Waals surface area contributed by atoms with Crippen LogP contribution in [0.2, 0.25) is 0 Å². The van der Waals surface area contributed by atoms with Gasteiger partial charge < -0.3 is 5.32 Å². The van der Waals surface area contributed by atoms with Gasteiger partial charge in [-0.25, -0.2) is 4.39 Å². The van der Waals surface area contributed by atoms with Crippen LogP contribution in [0.1, 0.15) is 4.88 Å². The predicted octanol–water partition coefficient (Wildman–Crippen LogP) is 5.02. The van der Waals surface area contributed by atoms with E-state index in [0.29, 0.717) is 4.47 Å². The van der Waals surface area contributed by atoms with Gasteiger partial charge in [0.05, 0.1) is 4.47 Å². The van der Waals surface area contributed by atoms with E-state index in [4.69, 9.17) is 0 Å². The summed E-state index contributed by atoms with van der Waals surface area (Å²) < 4.78 is 14.6. The van der Waals surface area contributed by atoms with Gasteiger partial charge in [0.25, 0.3) is 0 Å². The van der Waals surface area contributed by atoms with Crippen LogP contribution in [-0.2, 0) is 6.54 Å². The molecule has 0 amide bonds. The minimum absolute atomic E-state index is 0.246. The Hall–Kier alpha value is -0.390. The van der Waals surface area contributed by atoms with E-state index in [1.165, 1.54) is 10.9 Å². The van der Waals surface area contributed by atoms with Crippen LogP contribution in [0.4, 0.5) is 10.1 Å². The first-order valence-corrected chi connectivity index (χ1v) is 7.03. The Morgan fingerprint density at radius 1 is 1.25 bits per heavy atom. The van der Waals surface area contributed by atoms with Crippen LogP contribution in [0.15, 0.2) is 38.6 Å². The molecule has 84 valence electrons. The number of nitrogens with one attached hydrogen (secondary N) is 1. The average molecular weight is 365 g/mol. The zero-order valence-corrected chi connectivity index (χ0v) is 12.1. The first kappa shape index (κ1) is 12.1. The van der Waals surface area contributed by atoms with Crippen LogP contribution >= 0.6 is 43.2 Å². The van der Waals surface area contributed by atoms with E-state index < -0.39 is 0 Å². The van der Waals surface area contributed by atoms with Crippen LogP contribution < -0.4 is 5.32 Å². The minimum atomic E-state index is -0.246. The summed E-state index contributed by atoms with van der Waals surface area (Å²) in [5, 5.41) is 5.27. The average Bonchev–Trinajstić information content (AvgIpc) is 2.66. The SMILES string of the molecule is Fc1ccc(NCc2cc(Br)cs2)cc1Br. The Morgan fingerprint density at radius 2 is 2.06 bits per heavy atom. The number of hydrogen-bond donors (Lipinski definition) is 1. The maximum absolute atomic E-state index is 13.0. The number of rotatable bonds is 3. The maximum Gasteiger partial charge on any atom is 0.137 e. The van der Waals surface area contributed by atoms with Crippen molar-refractivity contribution < 1.29 is 4.39 Å². The molecule has 1 aromatic heterocycles. The Kier molecular flexibility index (Phi) is 4.00. The Labute approximate surface area is 114 Å². The maximum atomic E-state index is 13.0. The summed E-state index contributed by atoms with van der Waals surface area (Å²) >= 11 is 8.24. The third kappa shape index (κ3) is 3.06. The van der Waals surface area contributed by atoms with Gasteiger partial charge in [-0.1, -0.05) is 0 Å². The number of benzene rings is 1. The molecule has 0 aliphatic heterocycles. The van der Waals surface area contributed by atoms with E-state index in [1.807, 2.05) is 5.38 Å². The summed E-state index contributed by atoms with van der Waals surface area (Å²) in [6, 6.07) is 6.97. The molecular formula is C11H8Br2FNS. The summed E-state index contributed by atoms with van der Waals surface area (Å²) in [4.78, 5) is 1.23. The first-order chi connectivity index (χ1) is 7.65. The van der Waals surface area contributed by atoms with Crippen molar-refractivity contribution in [3.63, 3.8) is 0 Å². The summed E-state index contributed by atoms with van der Waals surface area (Å²) in [7, 11) is 0. The Bertz CT molecular complexity index is 498. The first-order valence-electron chi connectivity index (χ1n) is 4.57. The van der Waals surface area contributed by atoms with Crippen molar-refractivity contribution in [2.75, 3.05) is 5.32 Å². The van der Waals surface area contributed by atoms with E-state index in [-0.39, 0.29) is 5.82 Å². The molecule has 0 aliphatic carbocycles. The van der Waals surface area contributed by atoms with Gasteiger partial charge in [-0.05, 0) is 56.1 Å². The predicted molar refractivity (Wildman–Crippen MR) is 73.4 cm³/mol. The molecule has 0 fully saturated rings. The summed E-state index contributed by atoms with van der Waals surface area (Å²) in [6.45, 7) is 0.744. The van der Waals surface area contributed by atoms with Crippen molar-refractivity contribution >= 4 is 48.9 Å². The highest BCUT2D eigenvalue weighted by Crippen LogP contribution is 2.23. The molecule has 1 nitrogen and oxygen atoms in total. The minimum Gasteiger partial charge on any atom is -0.380 e. The highest BCUT2D eigenvalue weighted by molar-refractivity contribution is 9.10. The molecule has 0 spiro atoms. The zero-order chi connectivity index (χ0) is 11.5. The van der Waals surface area contributed by atoms with Crippen molar-refractivity contribution in [1.29, 1.82) is 0 Å². The topological polar surface area (TPSA) is 12.0 Å². The molecule has 1 N–H and O–H groups in total. The van der Waals surface area contributed by atoms with Crippen molar-refractivity contribution in [2.24, 2.45) is 0 Å². The van der Waals surface area contributed by atoms with Gasteiger partial charge in [-0.3, -0.25) is 0 Å². The van der Waals surface area contributed by atoms with E-state index in [1.54, 1.807) is 23.5 Å². The molecule has 0 radical (unpaired) electrons. The third-order valence-corrected chi connectivity index (χ3v) is 4.31. The van der Waals surface area contributed by atoms with Crippen LogP contribution in [0.25, 0.3) is 0 Å². The van der Waals surface area contributed by atoms with Gasteiger partial charge in [0.1, 0.15) is 5.82 Å². The fraction of sp³-hybridized carbons (Fsp3) is 0.0909. The third-order valence-electron chi connectivity index (χ3n) is 2.01. The lowest BCUT2D eigenvalue weighted by Gasteiger charge is -2.05. The van der Waals surface area contributed by atoms with E-state index >= 15 is 0 Å². The lowest BCUT2D eigenvalue weighted by Crippen LogP contribution is -1.97. The molecule has 0 saturated heterocycles. The monoisotopic (exact) mass is 363 g/mol. The van der Waals surface area contributed by atoms with E-state index in [2.05, 4.69) is 43.2 Å². The Balaban J connectivity index is 2.02. The van der Waals surface area contributed by atoms with Gasteiger partial charge in [0.15, 0.2) is 0 Å². The van der Waals surface area contributed by atoms with Crippen molar-refractivity contribution in [3.8, 4) is 0 Å². The number of anilines is 1. The molecular weight excluding hydrogens is 357 g/mol. The highest BCUT2D eigenvalue weighted by atomic mass is 79.9. The second kappa shape index (κ2) is 5.29. The standard InChI is InChI=1S/C11H8Br2FNS/c12-7-3-9(16-6-7)5-15-8-1-2-11(14)10(13)4-8/h1-4,6,15H,5H2. The van der Waals surface area contributed by atoms with Crippen LogP contribution in [0.5, 0.6) is 0 Å². The second-order valence-corrected chi connectivity index (χ2v) is 5.98. The van der Waals surface area contributed by atoms with Gasteiger partial charge in [0.2, 0.25) is 0 Å². The second-order valence-electron chi connectivity index (χ2n) is 3.21. The fourth-order valence-corrected chi connectivity index (χ4v) is 3.01. The normalized spacial score (nSPS) is 10.4. The Morgan fingerprint density at radius 3 is 2.69 bits per heavy atom.